The van der Waals surface area contributed by atoms with E-state index in [1.54, 1.807) is 23.5 Å². The summed E-state index contributed by atoms with van der Waals surface area (Å²) in [5, 5.41) is 11.6. The molecule has 0 radical (unpaired) electrons. The van der Waals surface area contributed by atoms with E-state index < -0.39 is 5.97 Å². The fourth-order valence-electron chi connectivity index (χ4n) is 2.55. The molecule has 1 saturated heterocycles. The molecule has 1 aliphatic rings. The molecular formula is C15H20N2O3S. The Balaban J connectivity index is 1.86. The number of carboxylic acid groups (broad SMARTS) is 1. The van der Waals surface area contributed by atoms with E-state index in [2.05, 4.69) is 4.98 Å². The minimum Gasteiger partial charge on any atom is -0.481 e. The molecule has 5 nitrogen and oxygen atoms in total. The Labute approximate surface area is 128 Å². The van der Waals surface area contributed by atoms with Crippen LogP contribution in [0, 0.1) is 12.8 Å². The number of carboxylic acids is 1. The van der Waals surface area contributed by atoms with Crippen molar-refractivity contribution in [3.8, 4) is 0 Å². The highest BCUT2D eigenvalue weighted by atomic mass is 32.1. The maximum Gasteiger partial charge on any atom is 0.303 e. The first kappa shape index (κ1) is 15.7. The van der Waals surface area contributed by atoms with E-state index in [-0.39, 0.29) is 12.3 Å². The number of likely N-dealkylation sites (tertiary alicyclic amines) is 1. The molecule has 2 rings (SSSR count). The second-order valence-corrected chi connectivity index (χ2v) is 6.41. The smallest absolute Gasteiger partial charge is 0.303 e. The number of carbonyl (C=O) groups excluding carboxylic acids is 1. The molecule has 1 N–H and O–H groups in total. The summed E-state index contributed by atoms with van der Waals surface area (Å²) in [6, 6.07) is 0. The van der Waals surface area contributed by atoms with Crippen molar-refractivity contribution in [2.75, 3.05) is 13.1 Å². The summed E-state index contributed by atoms with van der Waals surface area (Å²) in [6.07, 6.45) is 6.08. The van der Waals surface area contributed by atoms with E-state index in [9.17, 15) is 9.59 Å². The molecule has 1 aromatic heterocycles. The fourth-order valence-corrected chi connectivity index (χ4v) is 3.13. The average Bonchev–Trinajstić information content (AvgIpc) is 2.88. The van der Waals surface area contributed by atoms with Crippen molar-refractivity contribution in [3.63, 3.8) is 0 Å². The second-order valence-electron chi connectivity index (χ2n) is 5.35. The van der Waals surface area contributed by atoms with Gasteiger partial charge in [-0.2, -0.15) is 0 Å². The third-order valence-electron chi connectivity index (χ3n) is 3.63. The van der Waals surface area contributed by atoms with Crippen LogP contribution in [0.15, 0.2) is 11.5 Å². The average molecular weight is 308 g/mol. The highest BCUT2D eigenvalue weighted by Gasteiger charge is 2.22. The number of amides is 1. The van der Waals surface area contributed by atoms with Crippen molar-refractivity contribution in [2.45, 2.75) is 32.6 Å². The lowest BCUT2D eigenvalue weighted by molar-refractivity contribution is -0.137. The van der Waals surface area contributed by atoms with E-state index in [1.165, 1.54) is 0 Å². The molecule has 0 aromatic carbocycles. The first-order valence-corrected chi connectivity index (χ1v) is 8.03. The quantitative estimate of drug-likeness (QED) is 0.849. The van der Waals surface area contributed by atoms with E-state index >= 15 is 0 Å². The molecule has 1 atom stereocenters. The third kappa shape index (κ3) is 4.97. The normalized spacial score (nSPS) is 19.1. The summed E-state index contributed by atoms with van der Waals surface area (Å²) in [6.45, 7) is 3.34. The van der Waals surface area contributed by atoms with Gasteiger partial charge in [0.25, 0.3) is 0 Å². The molecule has 0 aliphatic carbocycles. The number of thiazole rings is 1. The summed E-state index contributed by atoms with van der Waals surface area (Å²) in [5.74, 6) is -0.480. The van der Waals surface area contributed by atoms with Gasteiger partial charge in [-0.15, -0.1) is 11.3 Å². The standard InChI is InChI=1S/C15H20N2O3S/c1-11-16-13(10-21-11)5-6-14(18)17-8-2-3-12(9-17)4-7-15(19)20/h5-6,10,12H,2-4,7-9H2,1H3,(H,19,20)/b6-5+. The molecular weight excluding hydrogens is 288 g/mol. The van der Waals surface area contributed by atoms with Crippen molar-refractivity contribution < 1.29 is 14.7 Å². The highest BCUT2D eigenvalue weighted by Crippen LogP contribution is 2.21. The van der Waals surface area contributed by atoms with Gasteiger partial charge in [-0.05, 0) is 38.2 Å². The first-order valence-electron chi connectivity index (χ1n) is 7.15. The van der Waals surface area contributed by atoms with Crippen molar-refractivity contribution in [3.05, 3.63) is 22.2 Å². The fraction of sp³-hybridized carbons (Fsp3) is 0.533. The summed E-state index contributed by atoms with van der Waals surface area (Å²) >= 11 is 1.56. The minimum atomic E-state index is -0.766. The monoisotopic (exact) mass is 308 g/mol. The molecule has 1 aromatic rings. The lowest BCUT2D eigenvalue weighted by atomic mass is 9.93. The number of aryl methyl sites for hydroxylation is 1. The van der Waals surface area contributed by atoms with E-state index in [0.29, 0.717) is 18.9 Å². The van der Waals surface area contributed by atoms with Gasteiger partial charge in [0.2, 0.25) is 5.91 Å². The SMILES string of the molecule is Cc1nc(/C=C/C(=O)N2CCCC(CCC(=O)O)C2)cs1. The van der Waals surface area contributed by atoms with Crippen LogP contribution in [0.3, 0.4) is 0 Å². The second kappa shape index (κ2) is 7.36. The van der Waals surface area contributed by atoms with Gasteiger partial charge < -0.3 is 10.0 Å². The Bertz CT molecular complexity index is 539. The molecule has 114 valence electrons. The van der Waals surface area contributed by atoms with Gasteiger partial charge in [0.15, 0.2) is 0 Å². The number of carbonyl (C=O) groups is 2. The Morgan fingerprint density at radius 2 is 2.38 bits per heavy atom. The number of piperidine rings is 1. The Morgan fingerprint density at radius 3 is 3.05 bits per heavy atom. The van der Waals surface area contributed by atoms with Crippen LogP contribution in [-0.2, 0) is 9.59 Å². The van der Waals surface area contributed by atoms with Gasteiger partial charge >= 0.3 is 5.97 Å². The van der Waals surface area contributed by atoms with E-state index in [1.807, 2.05) is 17.2 Å². The maximum atomic E-state index is 12.2. The zero-order valence-electron chi connectivity index (χ0n) is 12.1. The van der Waals surface area contributed by atoms with Crippen LogP contribution in [0.25, 0.3) is 6.08 Å². The lowest BCUT2D eigenvalue weighted by Gasteiger charge is -2.31. The van der Waals surface area contributed by atoms with Crippen LogP contribution in [0.5, 0.6) is 0 Å². The van der Waals surface area contributed by atoms with Crippen molar-refractivity contribution >= 4 is 29.3 Å². The van der Waals surface area contributed by atoms with E-state index in [0.717, 1.165) is 30.1 Å². The van der Waals surface area contributed by atoms with Crippen molar-refractivity contribution in [1.29, 1.82) is 0 Å². The zero-order chi connectivity index (χ0) is 15.2. The lowest BCUT2D eigenvalue weighted by Crippen LogP contribution is -2.39. The number of aliphatic carboxylic acids is 1. The molecule has 21 heavy (non-hydrogen) atoms. The van der Waals surface area contributed by atoms with Gasteiger partial charge in [0.1, 0.15) is 0 Å². The molecule has 1 aliphatic heterocycles. The topological polar surface area (TPSA) is 70.5 Å². The Morgan fingerprint density at radius 1 is 1.57 bits per heavy atom. The molecule has 1 fully saturated rings. The van der Waals surface area contributed by atoms with Crippen LogP contribution in [0.1, 0.15) is 36.4 Å². The summed E-state index contributed by atoms with van der Waals surface area (Å²) in [5.41, 5.74) is 0.810. The number of rotatable bonds is 5. The number of hydrogen-bond donors (Lipinski definition) is 1. The van der Waals surface area contributed by atoms with Crippen LogP contribution >= 0.6 is 11.3 Å². The van der Waals surface area contributed by atoms with Gasteiger partial charge in [-0.1, -0.05) is 0 Å². The number of nitrogens with zero attached hydrogens (tertiary/aromatic N) is 2. The third-order valence-corrected chi connectivity index (χ3v) is 4.42. The van der Waals surface area contributed by atoms with Gasteiger partial charge in [-0.25, -0.2) is 4.98 Å². The Kier molecular flexibility index (Phi) is 5.50. The predicted octanol–water partition coefficient (Wildman–Crippen LogP) is 2.57. The molecule has 1 unspecified atom stereocenters. The molecule has 1 amide bonds. The van der Waals surface area contributed by atoms with Gasteiger partial charge in [0, 0.05) is 31.0 Å². The molecule has 0 bridgehead atoms. The van der Waals surface area contributed by atoms with Gasteiger partial charge in [-0.3, -0.25) is 9.59 Å². The molecule has 6 heteroatoms. The van der Waals surface area contributed by atoms with Crippen molar-refractivity contribution in [1.82, 2.24) is 9.88 Å². The van der Waals surface area contributed by atoms with Crippen LogP contribution in [0.2, 0.25) is 0 Å². The van der Waals surface area contributed by atoms with Crippen molar-refractivity contribution in [2.24, 2.45) is 5.92 Å². The van der Waals surface area contributed by atoms with Gasteiger partial charge in [0.05, 0.1) is 10.7 Å². The van der Waals surface area contributed by atoms with E-state index in [4.69, 9.17) is 5.11 Å². The Hall–Kier alpha value is -1.69. The summed E-state index contributed by atoms with van der Waals surface area (Å²) in [7, 11) is 0. The zero-order valence-corrected chi connectivity index (χ0v) is 12.9. The molecule has 2 heterocycles. The molecule has 0 saturated carbocycles. The largest absolute Gasteiger partial charge is 0.481 e. The molecule has 0 spiro atoms. The van der Waals surface area contributed by atoms with Crippen LogP contribution < -0.4 is 0 Å². The van der Waals surface area contributed by atoms with Crippen LogP contribution in [0.4, 0.5) is 0 Å². The number of hydrogen-bond acceptors (Lipinski definition) is 4. The highest BCUT2D eigenvalue weighted by molar-refractivity contribution is 7.09. The summed E-state index contributed by atoms with van der Waals surface area (Å²) < 4.78 is 0. The minimum absolute atomic E-state index is 0.0133. The number of aromatic nitrogens is 1. The summed E-state index contributed by atoms with van der Waals surface area (Å²) in [4.78, 5) is 28.9. The maximum absolute atomic E-state index is 12.2. The van der Waals surface area contributed by atoms with Crippen LogP contribution in [-0.4, -0.2) is 40.0 Å². The first-order chi connectivity index (χ1) is 10.0. The predicted molar refractivity (Wildman–Crippen MR) is 82.1 cm³/mol.